The molecule has 0 aromatic heterocycles. The summed E-state index contributed by atoms with van der Waals surface area (Å²) in [6.07, 6.45) is 0.473. The van der Waals surface area contributed by atoms with Crippen LogP contribution in [0.4, 0.5) is 0 Å². The summed E-state index contributed by atoms with van der Waals surface area (Å²) in [5.41, 5.74) is 0.953. The third-order valence-electron chi connectivity index (χ3n) is 2.20. The average molecular weight is 356 g/mol. The van der Waals surface area contributed by atoms with Gasteiger partial charge in [-0.3, -0.25) is 0 Å². The summed E-state index contributed by atoms with van der Waals surface area (Å²) in [6, 6.07) is 7.64. The van der Waals surface area contributed by atoms with Crippen molar-refractivity contribution in [3.05, 3.63) is 34.3 Å². The van der Waals surface area contributed by atoms with Crippen LogP contribution in [0.1, 0.15) is 24.3 Å². The van der Waals surface area contributed by atoms with Crippen molar-refractivity contribution in [1.82, 2.24) is 0 Å². The Kier molecular flexibility index (Phi) is 6.79. The molecule has 102 valence electrons. The zero-order valence-corrected chi connectivity index (χ0v) is 13.3. The van der Waals surface area contributed by atoms with Crippen molar-refractivity contribution >= 4 is 36.6 Å². The van der Waals surface area contributed by atoms with Gasteiger partial charge in [0.2, 0.25) is 0 Å². The van der Waals surface area contributed by atoms with Crippen LogP contribution in [0.25, 0.3) is 0 Å². The predicted molar refractivity (Wildman–Crippen MR) is 75.1 cm³/mol. The Hall–Kier alpha value is 0.0469. The van der Waals surface area contributed by atoms with E-state index in [1.807, 2.05) is 24.3 Å². The molecule has 0 aliphatic heterocycles. The lowest BCUT2D eigenvalue weighted by Crippen LogP contribution is -2.43. The van der Waals surface area contributed by atoms with Crippen molar-refractivity contribution in [3.8, 4) is 0 Å². The first-order valence-corrected chi connectivity index (χ1v) is 8.51. The van der Waals surface area contributed by atoms with Gasteiger partial charge in [0.05, 0.1) is 5.38 Å². The van der Waals surface area contributed by atoms with Crippen molar-refractivity contribution in [3.63, 3.8) is 0 Å². The second-order valence-corrected chi connectivity index (χ2v) is 6.76. The number of alkyl halides is 1. The minimum atomic E-state index is -3.95. The lowest BCUT2D eigenvalue weighted by atomic mass is 10.1. The third-order valence-corrected chi connectivity index (χ3v) is 4.41. The highest BCUT2D eigenvalue weighted by atomic mass is 79.9. The van der Waals surface area contributed by atoms with E-state index >= 15 is 0 Å². The van der Waals surface area contributed by atoms with Gasteiger partial charge in [0.1, 0.15) is 0 Å². The Balaban J connectivity index is 2.40. The third kappa shape index (κ3) is 5.79. The number of hydrogen-bond acceptors (Lipinski definition) is 4. The molecule has 0 spiro atoms. The van der Waals surface area contributed by atoms with E-state index in [1.165, 1.54) is 0 Å². The fourth-order valence-electron chi connectivity index (χ4n) is 1.39. The van der Waals surface area contributed by atoms with Crippen LogP contribution in [-0.2, 0) is 8.85 Å². The van der Waals surface area contributed by atoms with Crippen LogP contribution in [0.2, 0.25) is 0 Å². The van der Waals surface area contributed by atoms with Gasteiger partial charge in [-0.2, -0.15) is 0 Å². The molecule has 0 bridgehead atoms. The van der Waals surface area contributed by atoms with Crippen molar-refractivity contribution < 1.29 is 18.4 Å². The molecule has 2 N–H and O–H groups in total. The van der Waals surface area contributed by atoms with E-state index in [-0.39, 0.29) is 18.6 Å². The SMILES string of the molecule is CCO[Si](O)(O)OCCC(Cl)c1cccc(Br)c1. The molecule has 18 heavy (non-hydrogen) atoms. The Morgan fingerprint density at radius 3 is 2.72 bits per heavy atom. The summed E-state index contributed by atoms with van der Waals surface area (Å²) in [5.74, 6) is 0. The van der Waals surface area contributed by atoms with Crippen molar-refractivity contribution in [2.75, 3.05) is 13.2 Å². The molecule has 0 saturated carbocycles. The van der Waals surface area contributed by atoms with Gasteiger partial charge in [0.25, 0.3) is 0 Å². The molecule has 0 heterocycles. The second kappa shape index (κ2) is 7.59. The summed E-state index contributed by atoms with van der Waals surface area (Å²) >= 11 is 9.56. The van der Waals surface area contributed by atoms with Gasteiger partial charge in [-0.25, -0.2) is 0 Å². The Morgan fingerprint density at radius 2 is 2.11 bits per heavy atom. The van der Waals surface area contributed by atoms with Gasteiger partial charge < -0.3 is 18.4 Å². The molecular weight excluding hydrogens is 340 g/mol. The first-order chi connectivity index (χ1) is 8.44. The lowest BCUT2D eigenvalue weighted by Gasteiger charge is -2.17. The number of benzene rings is 1. The van der Waals surface area contributed by atoms with Gasteiger partial charge in [-0.1, -0.05) is 28.1 Å². The van der Waals surface area contributed by atoms with Gasteiger partial charge in [-0.05, 0) is 31.0 Å². The molecule has 0 aliphatic carbocycles. The molecule has 1 atom stereocenters. The maximum Gasteiger partial charge on any atom is 0.674 e. The van der Waals surface area contributed by atoms with Crippen LogP contribution in [0.3, 0.4) is 0 Å². The predicted octanol–water partition coefficient (Wildman–Crippen LogP) is 2.59. The zero-order chi connectivity index (χ0) is 13.6. The Labute approximate surface area is 121 Å². The van der Waals surface area contributed by atoms with Crippen molar-refractivity contribution in [1.29, 1.82) is 0 Å². The molecule has 1 aromatic rings. The minimum absolute atomic E-state index is 0.139. The molecule has 1 aromatic carbocycles. The molecule has 0 fully saturated rings. The molecule has 0 aliphatic rings. The number of hydrogen-bond donors (Lipinski definition) is 2. The topological polar surface area (TPSA) is 58.9 Å². The van der Waals surface area contributed by atoms with Crippen LogP contribution in [0.5, 0.6) is 0 Å². The fraction of sp³-hybridized carbons (Fsp3) is 0.455. The zero-order valence-electron chi connectivity index (χ0n) is 9.97. The highest BCUT2D eigenvalue weighted by Crippen LogP contribution is 2.26. The molecule has 4 nitrogen and oxygen atoms in total. The number of rotatable bonds is 7. The van der Waals surface area contributed by atoms with E-state index in [4.69, 9.17) is 20.5 Å². The van der Waals surface area contributed by atoms with E-state index in [9.17, 15) is 9.59 Å². The maximum atomic E-state index is 9.34. The van der Waals surface area contributed by atoms with Gasteiger partial charge >= 0.3 is 9.05 Å². The quantitative estimate of drug-likeness (QED) is 0.583. The van der Waals surface area contributed by atoms with Crippen molar-refractivity contribution in [2.24, 2.45) is 0 Å². The van der Waals surface area contributed by atoms with E-state index in [0.29, 0.717) is 6.42 Å². The average Bonchev–Trinajstić information content (AvgIpc) is 2.28. The molecule has 7 heteroatoms. The summed E-state index contributed by atoms with van der Waals surface area (Å²) < 4.78 is 10.6. The minimum Gasteiger partial charge on any atom is -0.367 e. The van der Waals surface area contributed by atoms with E-state index in [0.717, 1.165) is 10.0 Å². The molecule has 0 radical (unpaired) electrons. The highest BCUT2D eigenvalue weighted by Gasteiger charge is 2.35. The van der Waals surface area contributed by atoms with Crippen LogP contribution in [0.15, 0.2) is 28.7 Å². The van der Waals surface area contributed by atoms with Crippen LogP contribution in [0, 0.1) is 0 Å². The first-order valence-electron chi connectivity index (χ1n) is 5.57. The summed E-state index contributed by atoms with van der Waals surface area (Å²) in [6.45, 7) is 2.01. The highest BCUT2D eigenvalue weighted by molar-refractivity contribution is 9.10. The monoisotopic (exact) mass is 354 g/mol. The largest absolute Gasteiger partial charge is 0.674 e. The maximum absolute atomic E-state index is 9.34. The number of halogens is 2. The summed E-state index contributed by atoms with van der Waals surface area (Å²) in [5, 5.41) is -0.242. The molecule has 1 unspecified atom stereocenters. The van der Waals surface area contributed by atoms with Gasteiger partial charge in [0.15, 0.2) is 0 Å². The molecule has 1 rings (SSSR count). The molecule has 0 amide bonds. The Morgan fingerprint density at radius 1 is 1.39 bits per heavy atom. The van der Waals surface area contributed by atoms with Crippen LogP contribution < -0.4 is 0 Å². The standard InChI is InChI=1S/C11H16BrClO4Si/c1-2-16-18(14,15)17-7-6-11(13)9-4-3-5-10(12)8-9/h3-5,8,11,14-15H,2,6-7H2,1H3. The molecule has 0 saturated heterocycles. The fourth-order valence-corrected chi connectivity index (χ4v) is 2.88. The lowest BCUT2D eigenvalue weighted by molar-refractivity contribution is 0.0270. The van der Waals surface area contributed by atoms with Gasteiger partial charge in [0, 0.05) is 17.7 Å². The van der Waals surface area contributed by atoms with Gasteiger partial charge in [-0.15, -0.1) is 11.6 Å². The van der Waals surface area contributed by atoms with Crippen LogP contribution in [-0.4, -0.2) is 31.9 Å². The summed E-state index contributed by atoms with van der Waals surface area (Å²) in [4.78, 5) is 18.7. The summed E-state index contributed by atoms with van der Waals surface area (Å²) in [7, 11) is -3.95. The molecular formula is C11H16BrClO4Si. The van der Waals surface area contributed by atoms with E-state index in [2.05, 4.69) is 15.9 Å². The van der Waals surface area contributed by atoms with E-state index in [1.54, 1.807) is 6.92 Å². The Bertz CT molecular complexity index is 378. The normalized spacial score (nSPS) is 13.6. The van der Waals surface area contributed by atoms with Crippen molar-refractivity contribution in [2.45, 2.75) is 18.7 Å². The second-order valence-electron chi connectivity index (χ2n) is 3.64. The smallest absolute Gasteiger partial charge is 0.367 e. The first kappa shape index (κ1) is 16.1. The van der Waals surface area contributed by atoms with E-state index < -0.39 is 9.05 Å². The van der Waals surface area contributed by atoms with Crippen LogP contribution >= 0.6 is 27.5 Å².